The molecule has 0 saturated carbocycles. The number of benzene rings is 2. The lowest BCUT2D eigenvalue weighted by atomic mass is 10.2. The topological polar surface area (TPSA) is 123 Å². The zero-order valence-electron chi connectivity index (χ0n) is 14.0. The lowest BCUT2D eigenvalue weighted by molar-refractivity contribution is -0.393. The maximum Gasteiger partial charge on any atom is 0.300 e. The van der Waals surface area contributed by atoms with Crippen molar-refractivity contribution in [3.63, 3.8) is 0 Å². The first kappa shape index (κ1) is 19.3. The SMILES string of the molecule is CCC(=Nc1ccc(C)cc1Br)NNc1ccc([N+](=O)[O-])cc1[N+](=O)[O-]. The second kappa shape index (κ2) is 8.39. The number of hydrogen-bond donors (Lipinski definition) is 2. The van der Waals surface area contributed by atoms with E-state index in [9.17, 15) is 20.2 Å². The molecule has 0 bridgehead atoms. The van der Waals surface area contributed by atoms with Gasteiger partial charge in [-0.1, -0.05) is 13.0 Å². The molecule has 0 spiro atoms. The number of hydrazine groups is 1. The van der Waals surface area contributed by atoms with Crippen LogP contribution in [-0.2, 0) is 0 Å². The highest BCUT2D eigenvalue weighted by atomic mass is 79.9. The van der Waals surface area contributed by atoms with Gasteiger partial charge in [0.1, 0.15) is 11.5 Å². The molecule has 0 aliphatic heterocycles. The van der Waals surface area contributed by atoms with Gasteiger partial charge in [0.2, 0.25) is 0 Å². The third-order valence-corrected chi connectivity index (χ3v) is 4.06. The smallest absolute Gasteiger partial charge is 0.293 e. The van der Waals surface area contributed by atoms with Gasteiger partial charge in [0.05, 0.1) is 21.6 Å². The number of rotatable bonds is 6. The largest absolute Gasteiger partial charge is 0.300 e. The summed E-state index contributed by atoms with van der Waals surface area (Å²) in [6.45, 7) is 3.84. The minimum absolute atomic E-state index is 0.102. The monoisotopic (exact) mass is 421 g/mol. The molecule has 0 radical (unpaired) electrons. The maximum absolute atomic E-state index is 11.2. The molecule has 0 amide bonds. The van der Waals surface area contributed by atoms with Crippen molar-refractivity contribution in [3.8, 4) is 0 Å². The first-order chi connectivity index (χ1) is 12.3. The van der Waals surface area contributed by atoms with Crippen LogP contribution >= 0.6 is 15.9 Å². The summed E-state index contributed by atoms with van der Waals surface area (Å²) < 4.78 is 0.826. The van der Waals surface area contributed by atoms with Crippen LogP contribution in [0, 0.1) is 27.2 Å². The van der Waals surface area contributed by atoms with Crippen LogP contribution in [0.5, 0.6) is 0 Å². The third-order valence-electron chi connectivity index (χ3n) is 3.42. The first-order valence-electron chi connectivity index (χ1n) is 7.60. The highest BCUT2D eigenvalue weighted by Crippen LogP contribution is 2.29. The maximum atomic E-state index is 11.2. The van der Waals surface area contributed by atoms with Crippen LogP contribution in [0.15, 0.2) is 45.9 Å². The van der Waals surface area contributed by atoms with Crippen molar-refractivity contribution < 1.29 is 9.85 Å². The van der Waals surface area contributed by atoms with Crippen molar-refractivity contribution >= 4 is 44.5 Å². The second-order valence-electron chi connectivity index (χ2n) is 5.33. The average Bonchev–Trinajstić information content (AvgIpc) is 2.60. The Bertz CT molecular complexity index is 885. The number of aliphatic imine (C=N–C) groups is 1. The fourth-order valence-electron chi connectivity index (χ4n) is 2.07. The van der Waals surface area contributed by atoms with E-state index in [4.69, 9.17) is 0 Å². The van der Waals surface area contributed by atoms with Crippen molar-refractivity contribution in [3.05, 3.63) is 66.7 Å². The molecule has 0 aliphatic carbocycles. The van der Waals surface area contributed by atoms with E-state index in [1.807, 2.05) is 32.0 Å². The summed E-state index contributed by atoms with van der Waals surface area (Å²) in [7, 11) is 0. The Hall–Kier alpha value is -3.01. The molecule has 2 aromatic carbocycles. The van der Waals surface area contributed by atoms with Gasteiger partial charge in [0, 0.05) is 17.0 Å². The molecular weight excluding hydrogens is 406 g/mol. The van der Waals surface area contributed by atoms with E-state index in [1.54, 1.807) is 0 Å². The molecule has 26 heavy (non-hydrogen) atoms. The molecule has 0 aliphatic rings. The molecule has 2 rings (SSSR count). The van der Waals surface area contributed by atoms with Gasteiger partial charge in [0.25, 0.3) is 5.69 Å². The standard InChI is InChI=1S/C16H16BrN5O4/c1-3-16(18-13-6-4-10(2)8-12(13)17)20-19-14-7-5-11(21(23)24)9-15(14)22(25)26/h4-9,19H,3H2,1-2H3,(H,18,20). The first-order valence-corrected chi connectivity index (χ1v) is 8.39. The fourth-order valence-corrected chi connectivity index (χ4v) is 2.66. The normalized spacial score (nSPS) is 11.1. The number of non-ortho nitro benzene ring substituents is 1. The summed E-state index contributed by atoms with van der Waals surface area (Å²) >= 11 is 3.44. The van der Waals surface area contributed by atoms with E-state index in [0.29, 0.717) is 17.9 Å². The minimum atomic E-state index is -0.684. The van der Waals surface area contributed by atoms with Gasteiger partial charge in [-0.15, -0.1) is 0 Å². The Morgan fingerprint density at radius 2 is 1.88 bits per heavy atom. The molecule has 10 heteroatoms. The fraction of sp³-hybridized carbons (Fsp3) is 0.188. The van der Waals surface area contributed by atoms with Crippen LogP contribution < -0.4 is 10.9 Å². The number of nitrogens with one attached hydrogen (secondary N) is 2. The molecule has 2 N–H and O–H groups in total. The Balaban J connectivity index is 2.24. The van der Waals surface area contributed by atoms with Crippen molar-refractivity contribution in [1.82, 2.24) is 5.43 Å². The van der Waals surface area contributed by atoms with Gasteiger partial charge < -0.3 is 0 Å². The zero-order valence-corrected chi connectivity index (χ0v) is 15.6. The number of nitro groups is 2. The van der Waals surface area contributed by atoms with Crippen molar-refractivity contribution in [2.45, 2.75) is 20.3 Å². The van der Waals surface area contributed by atoms with Crippen LogP contribution in [0.2, 0.25) is 0 Å². The molecule has 0 saturated heterocycles. The minimum Gasteiger partial charge on any atom is -0.293 e. The number of aryl methyl sites for hydroxylation is 1. The van der Waals surface area contributed by atoms with Crippen LogP contribution in [0.4, 0.5) is 22.7 Å². The Labute approximate surface area is 157 Å². The van der Waals surface area contributed by atoms with Gasteiger partial charge in [-0.2, -0.15) is 0 Å². The number of nitro benzene ring substituents is 2. The molecule has 0 atom stereocenters. The molecular formula is C16H16BrN5O4. The number of hydrogen-bond acceptors (Lipinski definition) is 6. The van der Waals surface area contributed by atoms with Crippen LogP contribution in [0.1, 0.15) is 18.9 Å². The summed E-state index contributed by atoms with van der Waals surface area (Å²) in [6.07, 6.45) is 0.536. The van der Waals surface area contributed by atoms with Crippen LogP contribution in [0.25, 0.3) is 0 Å². The number of amidine groups is 1. The second-order valence-corrected chi connectivity index (χ2v) is 6.19. The van der Waals surface area contributed by atoms with Gasteiger partial charge in [-0.3, -0.25) is 31.1 Å². The van der Waals surface area contributed by atoms with E-state index in [1.165, 1.54) is 12.1 Å². The summed E-state index contributed by atoms with van der Waals surface area (Å²) in [4.78, 5) is 25.0. The molecule has 0 heterocycles. The Morgan fingerprint density at radius 3 is 2.46 bits per heavy atom. The molecule has 136 valence electrons. The summed E-state index contributed by atoms with van der Waals surface area (Å²) in [5.74, 6) is 0.544. The van der Waals surface area contributed by atoms with Crippen molar-refractivity contribution in [1.29, 1.82) is 0 Å². The summed E-state index contributed by atoms with van der Waals surface area (Å²) in [5.41, 5.74) is 6.67. The number of anilines is 1. The zero-order chi connectivity index (χ0) is 19.3. The van der Waals surface area contributed by atoms with E-state index < -0.39 is 15.5 Å². The van der Waals surface area contributed by atoms with E-state index in [0.717, 1.165) is 16.1 Å². The quantitative estimate of drug-likeness (QED) is 0.303. The van der Waals surface area contributed by atoms with Crippen molar-refractivity contribution in [2.24, 2.45) is 4.99 Å². The van der Waals surface area contributed by atoms with Crippen LogP contribution in [0.3, 0.4) is 0 Å². The predicted octanol–water partition coefficient (Wildman–Crippen LogP) is 4.63. The van der Waals surface area contributed by atoms with Crippen molar-refractivity contribution in [2.75, 3.05) is 5.43 Å². The highest BCUT2D eigenvalue weighted by Gasteiger charge is 2.19. The van der Waals surface area contributed by atoms with Gasteiger partial charge in [-0.05, 0) is 46.6 Å². The highest BCUT2D eigenvalue weighted by molar-refractivity contribution is 9.10. The molecule has 0 fully saturated rings. The predicted molar refractivity (Wildman–Crippen MR) is 103 cm³/mol. The van der Waals surface area contributed by atoms with E-state index >= 15 is 0 Å². The molecule has 0 aromatic heterocycles. The van der Waals surface area contributed by atoms with E-state index in [2.05, 4.69) is 31.8 Å². The number of halogens is 1. The molecule has 0 unspecified atom stereocenters. The molecule has 9 nitrogen and oxygen atoms in total. The summed E-state index contributed by atoms with van der Waals surface area (Å²) in [6, 6.07) is 9.08. The number of nitrogens with zero attached hydrogens (tertiary/aromatic N) is 3. The van der Waals surface area contributed by atoms with Gasteiger partial charge >= 0.3 is 5.69 Å². The van der Waals surface area contributed by atoms with Gasteiger partial charge in [0.15, 0.2) is 0 Å². The van der Waals surface area contributed by atoms with E-state index in [-0.39, 0.29) is 11.4 Å². The average molecular weight is 422 g/mol. The Morgan fingerprint density at radius 1 is 1.15 bits per heavy atom. The lowest BCUT2D eigenvalue weighted by Gasteiger charge is -2.12. The van der Waals surface area contributed by atoms with Crippen LogP contribution in [-0.4, -0.2) is 15.7 Å². The molecule has 2 aromatic rings. The Kier molecular flexibility index (Phi) is 6.23. The van der Waals surface area contributed by atoms with Gasteiger partial charge in [-0.25, -0.2) is 4.99 Å². The lowest BCUT2D eigenvalue weighted by Crippen LogP contribution is -2.29. The summed E-state index contributed by atoms with van der Waals surface area (Å²) in [5, 5.41) is 21.9. The third kappa shape index (κ3) is 4.76.